The highest BCUT2D eigenvalue weighted by atomic mass is 32.2. The number of anilines is 1. The molecular formula is C16H16FN5O4S. The van der Waals surface area contributed by atoms with Gasteiger partial charge in [-0.3, -0.25) is 14.8 Å². The molecule has 0 spiro atoms. The molecule has 3 aromatic rings. The number of nitrogens with zero attached hydrogens (tertiary/aromatic N) is 4. The molecule has 0 fully saturated rings. The van der Waals surface area contributed by atoms with Crippen LogP contribution < -0.4 is 5.32 Å². The first-order valence-corrected chi connectivity index (χ1v) is 9.60. The number of rotatable bonds is 7. The maximum atomic E-state index is 12.9. The van der Waals surface area contributed by atoms with E-state index >= 15 is 0 Å². The van der Waals surface area contributed by atoms with E-state index in [1.807, 2.05) is 0 Å². The number of hydrogen-bond acceptors (Lipinski definition) is 7. The number of halogens is 1. The molecule has 0 aliphatic rings. The van der Waals surface area contributed by atoms with Crippen molar-refractivity contribution in [3.05, 3.63) is 42.3 Å². The summed E-state index contributed by atoms with van der Waals surface area (Å²) in [7, 11) is -1.88. The molecule has 0 saturated heterocycles. The summed E-state index contributed by atoms with van der Waals surface area (Å²) in [5.74, 6) is -1.01. The Hall–Kier alpha value is -3.08. The van der Waals surface area contributed by atoms with Crippen molar-refractivity contribution in [3.63, 3.8) is 0 Å². The smallest absolute Gasteiger partial charge is 0.322 e. The van der Waals surface area contributed by atoms with Crippen molar-refractivity contribution < 1.29 is 22.0 Å². The molecule has 2 aromatic heterocycles. The molecule has 0 bridgehead atoms. The number of amides is 1. The fourth-order valence-corrected chi connectivity index (χ4v) is 3.64. The minimum absolute atomic E-state index is 0.0158. The first kappa shape index (κ1) is 18.7. The summed E-state index contributed by atoms with van der Waals surface area (Å²) < 4.78 is 44.1. The van der Waals surface area contributed by atoms with Gasteiger partial charge in [0.05, 0.1) is 10.6 Å². The summed E-state index contributed by atoms with van der Waals surface area (Å²) in [6.45, 7) is 0. The average Bonchev–Trinajstić information content (AvgIpc) is 3.23. The molecule has 0 aliphatic carbocycles. The summed E-state index contributed by atoms with van der Waals surface area (Å²) in [4.78, 5) is 12.0. The second-order valence-corrected chi connectivity index (χ2v) is 7.79. The van der Waals surface area contributed by atoms with Gasteiger partial charge < -0.3 is 4.42 Å². The maximum Gasteiger partial charge on any atom is 0.322 e. The summed E-state index contributed by atoms with van der Waals surface area (Å²) in [5.41, 5.74) is 0.591. The van der Waals surface area contributed by atoms with Crippen LogP contribution in [0.5, 0.6) is 0 Å². The minimum Gasteiger partial charge on any atom is -0.401 e. The van der Waals surface area contributed by atoms with Crippen molar-refractivity contribution in [3.8, 4) is 11.6 Å². The normalized spacial score (nSPS) is 11.5. The van der Waals surface area contributed by atoms with Gasteiger partial charge in [-0.1, -0.05) is 5.10 Å². The Bertz CT molecular complexity index is 1040. The number of nitrogens with one attached hydrogen (secondary N) is 1. The molecule has 9 nitrogen and oxygen atoms in total. The Morgan fingerprint density at radius 3 is 2.63 bits per heavy atom. The van der Waals surface area contributed by atoms with Crippen molar-refractivity contribution in [2.24, 2.45) is 7.05 Å². The summed E-state index contributed by atoms with van der Waals surface area (Å²) in [5, 5.41) is 13.9. The predicted octanol–water partition coefficient (Wildman–Crippen LogP) is 1.80. The molecule has 2 heterocycles. The van der Waals surface area contributed by atoms with E-state index in [0.717, 1.165) is 12.1 Å². The lowest BCUT2D eigenvalue weighted by Gasteiger charge is -2.04. The van der Waals surface area contributed by atoms with Crippen LogP contribution >= 0.6 is 0 Å². The Morgan fingerprint density at radius 1 is 1.22 bits per heavy atom. The lowest BCUT2D eigenvalue weighted by molar-refractivity contribution is -0.116. The Morgan fingerprint density at radius 2 is 1.96 bits per heavy atom. The number of sulfone groups is 1. The van der Waals surface area contributed by atoms with Gasteiger partial charge in [0.15, 0.2) is 9.84 Å². The largest absolute Gasteiger partial charge is 0.401 e. The van der Waals surface area contributed by atoms with Crippen LogP contribution in [0.3, 0.4) is 0 Å². The highest BCUT2D eigenvalue weighted by Gasteiger charge is 2.17. The van der Waals surface area contributed by atoms with E-state index in [1.165, 1.54) is 12.1 Å². The second-order valence-electron chi connectivity index (χ2n) is 5.68. The van der Waals surface area contributed by atoms with E-state index < -0.39 is 21.6 Å². The van der Waals surface area contributed by atoms with Gasteiger partial charge in [0, 0.05) is 19.7 Å². The third-order valence-electron chi connectivity index (χ3n) is 3.70. The molecule has 0 saturated carbocycles. The Kier molecular flexibility index (Phi) is 5.31. The molecule has 142 valence electrons. The standard InChI is InChI=1S/C16H16FN5O4S/c1-22-13(8-9-18-22)15-20-21-16(26-15)19-14(23)3-2-10-27(24,25)12-6-4-11(17)5-7-12/h4-9H,2-3,10H2,1H3,(H,19,21,23). The van der Waals surface area contributed by atoms with Crippen LogP contribution in [0, 0.1) is 5.82 Å². The van der Waals surface area contributed by atoms with E-state index in [4.69, 9.17) is 4.42 Å². The molecule has 3 rings (SSSR count). The van der Waals surface area contributed by atoms with Crippen LogP contribution in [0.2, 0.25) is 0 Å². The Balaban J connectivity index is 1.52. The van der Waals surface area contributed by atoms with Gasteiger partial charge >= 0.3 is 6.01 Å². The van der Waals surface area contributed by atoms with Crippen molar-refractivity contribution in [2.45, 2.75) is 17.7 Å². The van der Waals surface area contributed by atoms with Crippen LogP contribution in [0.4, 0.5) is 10.4 Å². The number of carbonyl (C=O) groups is 1. The predicted molar refractivity (Wildman–Crippen MR) is 92.8 cm³/mol. The third-order valence-corrected chi connectivity index (χ3v) is 5.52. The summed E-state index contributed by atoms with van der Waals surface area (Å²) >= 11 is 0. The zero-order valence-electron chi connectivity index (χ0n) is 14.3. The monoisotopic (exact) mass is 393 g/mol. The molecular weight excluding hydrogens is 377 g/mol. The van der Waals surface area contributed by atoms with Gasteiger partial charge in [-0.25, -0.2) is 12.8 Å². The van der Waals surface area contributed by atoms with Gasteiger partial charge in [-0.05, 0) is 36.8 Å². The molecule has 1 aromatic carbocycles. The number of hydrogen-bond donors (Lipinski definition) is 1. The fraction of sp³-hybridized carbons (Fsp3) is 0.250. The number of benzene rings is 1. The van der Waals surface area contributed by atoms with Gasteiger partial charge in [0.1, 0.15) is 11.5 Å². The van der Waals surface area contributed by atoms with Crippen molar-refractivity contribution in [1.29, 1.82) is 0 Å². The second kappa shape index (κ2) is 7.66. The molecule has 11 heteroatoms. The van der Waals surface area contributed by atoms with Gasteiger partial charge in [-0.15, -0.1) is 5.10 Å². The molecule has 0 unspecified atom stereocenters. The van der Waals surface area contributed by atoms with Crippen molar-refractivity contribution in [2.75, 3.05) is 11.1 Å². The first-order chi connectivity index (χ1) is 12.8. The summed E-state index contributed by atoms with van der Waals surface area (Å²) in [6, 6.07) is 6.15. The van der Waals surface area contributed by atoms with Crippen LogP contribution in [-0.2, 0) is 21.7 Å². The molecule has 1 N–H and O–H groups in total. The topological polar surface area (TPSA) is 120 Å². The van der Waals surface area contributed by atoms with E-state index in [2.05, 4.69) is 20.6 Å². The van der Waals surface area contributed by atoms with Gasteiger partial charge in [0.25, 0.3) is 5.89 Å². The third kappa shape index (κ3) is 4.56. The zero-order valence-corrected chi connectivity index (χ0v) is 15.1. The van der Waals surface area contributed by atoms with E-state index in [1.54, 1.807) is 24.0 Å². The van der Waals surface area contributed by atoms with Gasteiger partial charge in [-0.2, -0.15) is 5.10 Å². The van der Waals surface area contributed by atoms with Crippen LogP contribution in [0.15, 0.2) is 45.8 Å². The van der Waals surface area contributed by atoms with E-state index in [0.29, 0.717) is 5.69 Å². The highest BCUT2D eigenvalue weighted by Crippen LogP contribution is 2.19. The highest BCUT2D eigenvalue weighted by molar-refractivity contribution is 7.91. The SMILES string of the molecule is Cn1nccc1-c1nnc(NC(=O)CCCS(=O)(=O)c2ccc(F)cc2)o1. The van der Waals surface area contributed by atoms with E-state index in [9.17, 15) is 17.6 Å². The average molecular weight is 393 g/mol. The molecule has 0 aliphatic heterocycles. The molecule has 0 radical (unpaired) electrons. The van der Waals surface area contributed by atoms with Crippen LogP contribution in [-0.4, -0.2) is 40.1 Å². The number of carbonyl (C=O) groups excluding carboxylic acids is 1. The minimum atomic E-state index is -3.58. The molecule has 1 amide bonds. The van der Waals surface area contributed by atoms with Gasteiger partial charge in [0.2, 0.25) is 5.91 Å². The quantitative estimate of drug-likeness (QED) is 0.608. The Labute approximate surface area is 154 Å². The van der Waals surface area contributed by atoms with E-state index in [-0.39, 0.29) is 35.4 Å². The van der Waals surface area contributed by atoms with Crippen molar-refractivity contribution >= 4 is 21.8 Å². The van der Waals surface area contributed by atoms with Crippen LogP contribution in [0.1, 0.15) is 12.8 Å². The fourth-order valence-electron chi connectivity index (χ4n) is 2.33. The molecule has 0 atom stereocenters. The lowest BCUT2D eigenvalue weighted by Crippen LogP contribution is -2.14. The maximum absolute atomic E-state index is 12.9. The summed E-state index contributed by atoms with van der Waals surface area (Å²) in [6.07, 6.45) is 1.61. The first-order valence-electron chi connectivity index (χ1n) is 7.95. The number of aryl methyl sites for hydroxylation is 1. The van der Waals surface area contributed by atoms with Crippen molar-refractivity contribution in [1.82, 2.24) is 20.0 Å². The number of aromatic nitrogens is 4. The lowest BCUT2D eigenvalue weighted by atomic mass is 10.3. The van der Waals surface area contributed by atoms with Crippen LogP contribution in [0.25, 0.3) is 11.6 Å². The zero-order chi connectivity index (χ0) is 19.4. The molecule has 27 heavy (non-hydrogen) atoms.